The molecule has 24 heavy (non-hydrogen) atoms. The summed E-state index contributed by atoms with van der Waals surface area (Å²) in [5, 5.41) is 5.39. The zero-order valence-electron chi connectivity index (χ0n) is 12.2. The van der Waals surface area contributed by atoms with E-state index in [0.29, 0.717) is 11.4 Å². The number of primary sulfonamides is 1. The molecule has 6 nitrogen and oxygen atoms in total. The van der Waals surface area contributed by atoms with Crippen LogP contribution in [-0.2, 0) is 26.5 Å². The highest BCUT2D eigenvalue weighted by Gasteiger charge is 2.17. The summed E-state index contributed by atoms with van der Waals surface area (Å²) in [4.78, 5) is -0.0575. The summed E-state index contributed by atoms with van der Waals surface area (Å²) < 4.78 is 49.2. The predicted octanol–water partition coefficient (Wildman–Crippen LogP) is 2.16. The van der Waals surface area contributed by atoms with Crippen LogP contribution in [-0.4, -0.2) is 23.4 Å². The number of halogens is 2. The van der Waals surface area contributed by atoms with Crippen LogP contribution in [0.15, 0.2) is 52.3 Å². The molecule has 2 aromatic carbocycles. The summed E-state index contributed by atoms with van der Waals surface area (Å²) in [5.74, 6) is 0. The molecule has 0 atom stereocenters. The molecule has 0 fully saturated rings. The van der Waals surface area contributed by atoms with Crippen molar-refractivity contribution in [2.75, 3.05) is 6.54 Å². The van der Waals surface area contributed by atoms with Crippen molar-refractivity contribution < 1.29 is 16.8 Å². The van der Waals surface area contributed by atoms with Crippen molar-refractivity contribution in [3.63, 3.8) is 0 Å². The quantitative estimate of drug-likeness (QED) is 0.763. The van der Waals surface area contributed by atoms with Crippen molar-refractivity contribution in [3.05, 3.63) is 58.1 Å². The molecular weight excluding hydrogens is 395 g/mol. The molecule has 0 bridgehead atoms. The lowest BCUT2D eigenvalue weighted by molar-refractivity contribution is 0.581. The van der Waals surface area contributed by atoms with Crippen LogP contribution in [0.3, 0.4) is 0 Å². The molecule has 0 amide bonds. The van der Waals surface area contributed by atoms with E-state index in [1.165, 1.54) is 30.3 Å². The average Bonchev–Trinajstić information content (AvgIpc) is 2.46. The molecule has 0 aliphatic rings. The van der Waals surface area contributed by atoms with E-state index in [4.69, 9.17) is 28.3 Å². The van der Waals surface area contributed by atoms with Gasteiger partial charge in [0.1, 0.15) is 4.90 Å². The highest BCUT2D eigenvalue weighted by molar-refractivity contribution is 7.89. The Morgan fingerprint density at radius 2 is 1.58 bits per heavy atom. The largest absolute Gasteiger partial charge is 0.242 e. The SMILES string of the molecule is NS(=O)(=O)c1ccc(CCNS(=O)(=O)c2ccc(Cl)cc2Cl)cc1. The van der Waals surface area contributed by atoms with Crippen molar-refractivity contribution in [1.82, 2.24) is 4.72 Å². The number of benzene rings is 2. The van der Waals surface area contributed by atoms with Gasteiger partial charge in [-0.2, -0.15) is 0 Å². The fourth-order valence-corrected chi connectivity index (χ4v) is 4.26. The van der Waals surface area contributed by atoms with Crippen LogP contribution in [0.5, 0.6) is 0 Å². The maximum Gasteiger partial charge on any atom is 0.242 e. The smallest absolute Gasteiger partial charge is 0.225 e. The summed E-state index contributed by atoms with van der Waals surface area (Å²) in [6.07, 6.45) is 0.370. The Labute approximate surface area is 150 Å². The maximum atomic E-state index is 12.2. The van der Waals surface area contributed by atoms with E-state index in [1.54, 1.807) is 12.1 Å². The second-order valence-electron chi connectivity index (χ2n) is 4.91. The van der Waals surface area contributed by atoms with Gasteiger partial charge in [-0.05, 0) is 42.3 Å². The number of rotatable bonds is 6. The van der Waals surface area contributed by atoms with Crippen molar-refractivity contribution in [2.45, 2.75) is 16.2 Å². The molecular formula is C14H14Cl2N2O4S2. The number of nitrogens with two attached hydrogens (primary N) is 1. The first kappa shape index (κ1) is 19.2. The molecule has 0 aliphatic heterocycles. The fourth-order valence-electron chi connectivity index (χ4n) is 1.95. The topological polar surface area (TPSA) is 106 Å². The molecule has 0 saturated carbocycles. The summed E-state index contributed by atoms with van der Waals surface area (Å²) in [6, 6.07) is 10.0. The van der Waals surface area contributed by atoms with Crippen LogP contribution in [0.2, 0.25) is 10.0 Å². The Kier molecular flexibility index (Phi) is 5.90. The Hall–Kier alpha value is -1.16. The van der Waals surface area contributed by atoms with Gasteiger partial charge in [0, 0.05) is 11.6 Å². The van der Waals surface area contributed by atoms with Crippen LogP contribution in [0, 0.1) is 0 Å². The molecule has 0 radical (unpaired) electrons. The molecule has 10 heteroatoms. The minimum Gasteiger partial charge on any atom is -0.225 e. The third-order valence-electron chi connectivity index (χ3n) is 3.14. The second kappa shape index (κ2) is 7.38. The highest BCUT2D eigenvalue weighted by Crippen LogP contribution is 2.24. The van der Waals surface area contributed by atoms with Crippen molar-refractivity contribution in [3.8, 4) is 0 Å². The molecule has 2 aromatic rings. The molecule has 0 aromatic heterocycles. The first-order valence-corrected chi connectivity index (χ1v) is 10.4. The van der Waals surface area contributed by atoms with Gasteiger partial charge in [-0.3, -0.25) is 0 Å². The van der Waals surface area contributed by atoms with Gasteiger partial charge >= 0.3 is 0 Å². The minimum atomic E-state index is -3.77. The van der Waals surface area contributed by atoms with E-state index in [0.717, 1.165) is 5.56 Å². The number of nitrogens with one attached hydrogen (secondary N) is 1. The van der Waals surface area contributed by atoms with E-state index in [2.05, 4.69) is 4.72 Å². The molecule has 3 N–H and O–H groups in total. The third-order valence-corrected chi connectivity index (χ3v) is 6.25. The van der Waals surface area contributed by atoms with Gasteiger partial charge in [-0.1, -0.05) is 35.3 Å². The van der Waals surface area contributed by atoms with Gasteiger partial charge < -0.3 is 0 Å². The summed E-state index contributed by atoms with van der Waals surface area (Å²) in [7, 11) is -7.51. The Balaban J connectivity index is 2.03. The average molecular weight is 409 g/mol. The number of hydrogen-bond donors (Lipinski definition) is 2. The Morgan fingerprint density at radius 1 is 0.958 bits per heavy atom. The molecule has 2 rings (SSSR count). The zero-order valence-corrected chi connectivity index (χ0v) is 15.4. The van der Waals surface area contributed by atoms with Gasteiger partial charge in [-0.15, -0.1) is 0 Å². The van der Waals surface area contributed by atoms with Crippen LogP contribution in [0.25, 0.3) is 0 Å². The van der Waals surface area contributed by atoms with Gasteiger partial charge in [0.2, 0.25) is 20.0 Å². The molecule has 0 spiro atoms. The predicted molar refractivity (Wildman–Crippen MR) is 93.2 cm³/mol. The number of hydrogen-bond acceptors (Lipinski definition) is 4. The van der Waals surface area contributed by atoms with Gasteiger partial charge in [0.15, 0.2) is 0 Å². The third kappa shape index (κ3) is 4.92. The Morgan fingerprint density at radius 3 is 2.12 bits per heavy atom. The van der Waals surface area contributed by atoms with E-state index in [9.17, 15) is 16.8 Å². The standard InChI is InChI=1S/C14H14Cl2N2O4S2/c15-11-3-6-14(13(16)9-11)24(21,22)18-8-7-10-1-4-12(5-2-10)23(17,19)20/h1-6,9,18H,7-8H2,(H2,17,19,20). The number of sulfonamides is 2. The molecule has 0 unspecified atom stereocenters. The van der Waals surface area contributed by atoms with E-state index in [-0.39, 0.29) is 21.4 Å². The van der Waals surface area contributed by atoms with Crippen LogP contribution >= 0.6 is 23.2 Å². The van der Waals surface area contributed by atoms with Gasteiger partial charge in [-0.25, -0.2) is 26.7 Å². The van der Waals surface area contributed by atoms with Crippen LogP contribution in [0.4, 0.5) is 0 Å². The van der Waals surface area contributed by atoms with Crippen molar-refractivity contribution >= 4 is 43.2 Å². The maximum absolute atomic E-state index is 12.2. The lowest BCUT2D eigenvalue weighted by Crippen LogP contribution is -2.26. The van der Waals surface area contributed by atoms with Gasteiger partial charge in [0.05, 0.1) is 9.92 Å². The highest BCUT2D eigenvalue weighted by atomic mass is 35.5. The van der Waals surface area contributed by atoms with Gasteiger partial charge in [0.25, 0.3) is 0 Å². The monoisotopic (exact) mass is 408 g/mol. The Bertz CT molecular complexity index is 943. The molecule has 0 heterocycles. The molecule has 130 valence electrons. The molecule has 0 saturated heterocycles. The van der Waals surface area contributed by atoms with E-state index in [1.807, 2.05) is 0 Å². The fraction of sp³-hybridized carbons (Fsp3) is 0.143. The normalized spacial score (nSPS) is 12.3. The second-order valence-corrected chi connectivity index (χ2v) is 9.05. The summed E-state index contributed by atoms with van der Waals surface area (Å²) >= 11 is 11.6. The van der Waals surface area contributed by atoms with Crippen molar-refractivity contribution in [1.29, 1.82) is 0 Å². The minimum absolute atomic E-state index is 0.000207. The van der Waals surface area contributed by atoms with E-state index >= 15 is 0 Å². The molecule has 0 aliphatic carbocycles. The lowest BCUT2D eigenvalue weighted by Gasteiger charge is -2.09. The van der Waals surface area contributed by atoms with E-state index < -0.39 is 20.0 Å². The first-order valence-electron chi connectivity index (χ1n) is 6.66. The first-order chi connectivity index (χ1) is 11.1. The van der Waals surface area contributed by atoms with Crippen molar-refractivity contribution in [2.24, 2.45) is 5.14 Å². The zero-order chi connectivity index (χ0) is 18.0. The summed E-state index contributed by atoms with van der Waals surface area (Å²) in [6.45, 7) is 0.121. The van der Waals surface area contributed by atoms with Crippen LogP contribution in [0.1, 0.15) is 5.56 Å². The lowest BCUT2D eigenvalue weighted by atomic mass is 10.2. The summed E-state index contributed by atoms with van der Waals surface area (Å²) in [5.41, 5.74) is 0.757. The van der Waals surface area contributed by atoms with Crippen LogP contribution < -0.4 is 9.86 Å².